The Bertz CT molecular complexity index is 629. The van der Waals surface area contributed by atoms with Crippen LogP contribution < -0.4 is 10.6 Å². The first-order valence-corrected chi connectivity index (χ1v) is 9.22. The van der Waals surface area contributed by atoms with Gasteiger partial charge in [0.15, 0.2) is 0 Å². The van der Waals surface area contributed by atoms with Crippen LogP contribution in [0.1, 0.15) is 43.8 Å². The van der Waals surface area contributed by atoms with Crippen molar-refractivity contribution in [2.45, 2.75) is 64.6 Å². The quantitative estimate of drug-likeness (QED) is 0.790. The summed E-state index contributed by atoms with van der Waals surface area (Å²) >= 11 is 0. The van der Waals surface area contributed by atoms with E-state index in [1.54, 1.807) is 0 Å². The molecule has 2 aliphatic rings. The van der Waals surface area contributed by atoms with Crippen molar-refractivity contribution in [1.82, 2.24) is 30.3 Å². The SMILES string of the molecule is Cc1nc(C)n(C[C@@H]2CCCN2CC(=O)N[C@H]2CCCCNC2=O)n1. The van der Waals surface area contributed by atoms with E-state index in [0.29, 0.717) is 13.1 Å². The first-order chi connectivity index (χ1) is 12.0. The first-order valence-electron chi connectivity index (χ1n) is 9.22. The zero-order chi connectivity index (χ0) is 17.8. The number of hydrogen-bond acceptors (Lipinski definition) is 5. The van der Waals surface area contributed by atoms with Crippen LogP contribution in [0, 0.1) is 13.8 Å². The molecule has 2 saturated heterocycles. The number of aryl methyl sites for hydroxylation is 2. The third kappa shape index (κ3) is 4.56. The molecule has 0 bridgehead atoms. The summed E-state index contributed by atoms with van der Waals surface area (Å²) in [6.07, 6.45) is 4.78. The summed E-state index contributed by atoms with van der Waals surface area (Å²) in [6, 6.07) is -0.107. The Balaban J connectivity index is 1.54. The lowest BCUT2D eigenvalue weighted by atomic mass is 10.1. The lowest BCUT2D eigenvalue weighted by Gasteiger charge is -2.25. The second-order valence-electron chi connectivity index (χ2n) is 7.06. The average Bonchev–Trinajstić information content (AvgIpc) is 3.05. The monoisotopic (exact) mass is 348 g/mol. The Kier molecular flexibility index (Phi) is 5.67. The Morgan fingerprint density at radius 2 is 2.12 bits per heavy atom. The number of aromatic nitrogens is 3. The van der Waals surface area contributed by atoms with E-state index in [2.05, 4.69) is 25.6 Å². The van der Waals surface area contributed by atoms with Crippen molar-refractivity contribution < 1.29 is 9.59 Å². The summed E-state index contributed by atoms with van der Waals surface area (Å²) in [4.78, 5) is 30.9. The van der Waals surface area contributed by atoms with Gasteiger partial charge in [0.05, 0.1) is 13.1 Å². The third-order valence-corrected chi connectivity index (χ3v) is 5.06. The maximum Gasteiger partial charge on any atom is 0.242 e. The number of carbonyl (C=O) groups excluding carboxylic acids is 2. The van der Waals surface area contributed by atoms with Crippen LogP contribution in [-0.2, 0) is 16.1 Å². The molecule has 3 rings (SSSR count). The summed E-state index contributed by atoms with van der Waals surface area (Å²) in [5.41, 5.74) is 0. The van der Waals surface area contributed by atoms with Crippen LogP contribution in [0.5, 0.6) is 0 Å². The van der Waals surface area contributed by atoms with Crippen molar-refractivity contribution >= 4 is 11.8 Å². The zero-order valence-electron chi connectivity index (χ0n) is 15.1. The number of rotatable bonds is 5. The number of amides is 2. The molecule has 1 aromatic heterocycles. The Hall–Kier alpha value is -1.96. The van der Waals surface area contributed by atoms with Gasteiger partial charge in [0.1, 0.15) is 17.7 Å². The third-order valence-electron chi connectivity index (χ3n) is 5.06. The molecule has 2 amide bonds. The molecule has 138 valence electrons. The first kappa shape index (κ1) is 17.8. The number of carbonyl (C=O) groups is 2. The molecule has 2 aliphatic heterocycles. The van der Waals surface area contributed by atoms with Gasteiger partial charge in [-0.3, -0.25) is 14.5 Å². The van der Waals surface area contributed by atoms with Crippen molar-refractivity contribution in [3.63, 3.8) is 0 Å². The van der Waals surface area contributed by atoms with Crippen molar-refractivity contribution in [3.8, 4) is 0 Å². The molecule has 8 nitrogen and oxygen atoms in total. The minimum Gasteiger partial charge on any atom is -0.354 e. The summed E-state index contributed by atoms with van der Waals surface area (Å²) < 4.78 is 1.93. The summed E-state index contributed by atoms with van der Waals surface area (Å²) in [7, 11) is 0. The zero-order valence-corrected chi connectivity index (χ0v) is 15.1. The van der Waals surface area contributed by atoms with Gasteiger partial charge in [-0.2, -0.15) is 5.10 Å². The van der Waals surface area contributed by atoms with Crippen LogP contribution >= 0.6 is 0 Å². The maximum atomic E-state index is 12.4. The standard InChI is InChI=1S/C17H28N6O2/c1-12-19-13(2)23(21-12)10-14-6-5-9-22(14)11-16(24)20-15-7-3-4-8-18-17(15)25/h14-15H,3-11H2,1-2H3,(H,18,25)(H,20,24)/t14-,15-/m0/s1. The topological polar surface area (TPSA) is 92.2 Å². The number of hydrogen-bond donors (Lipinski definition) is 2. The average molecular weight is 348 g/mol. The van der Waals surface area contributed by atoms with Gasteiger partial charge in [-0.15, -0.1) is 0 Å². The van der Waals surface area contributed by atoms with Gasteiger partial charge in [0.25, 0.3) is 0 Å². The fourth-order valence-corrected chi connectivity index (χ4v) is 3.75. The van der Waals surface area contributed by atoms with E-state index >= 15 is 0 Å². The van der Waals surface area contributed by atoms with E-state index in [1.807, 2.05) is 18.5 Å². The number of likely N-dealkylation sites (tertiary alicyclic amines) is 1. The van der Waals surface area contributed by atoms with Crippen LogP contribution in [0.15, 0.2) is 0 Å². The number of nitrogens with one attached hydrogen (secondary N) is 2. The van der Waals surface area contributed by atoms with Crippen LogP contribution in [0.3, 0.4) is 0 Å². The summed E-state index contributed by atoms with van der Waals surface area (Å²) in [5.74, 6) is 1.56. The predicted octanol–water partition coefficient (Wildman–Crippen LogP) is 0.144. The molecule has 2 atom stereocenters. The Labute approximate surface area is 148 Å². The normalized spacial score (nSPS) is 24.8. The van der Waals surface area contributed by atoms with E-state index in [4.69, 9.17) is 0 Å². The highest BCUT2D eigenvalue weighted by Crippen LogP contribution is 2.19. The molecule has 1 aromatic rings. The van der Waals surface area contributed by atoms with Crippen molar-refractivity contribution in [2.75, 3.05) is 19.6 Å². The van der Waals surface area contributed by atoms with E-state index in [-0.39, 0.29) is 17.9 Å². The molecule has 0 radical (unpaired) electrons. The van der Waals surface area contributed by atoms with Gasteiger partial charge < -0.3 is 10.6 Å². The van der Waals surface area contributed by atoms with E-state index in [0.717, 1.165) is 56.8 Å². The van der Waals surface area contributed by atoms with E-state index in [9.17, 15) is 9.59 Å². The van der Waals surface area contributed by atoms with Crippen LogP contribution in [0.2, 0.25) is 0 Å². The summed E-state index contributed by atoms with van der Waals surface area (Å²) in [5, 5.41) is 10.2. The molecule has 0 aromatic carbocycles. The molecular formula is C17H28N6O2. The molecule has 3 heterocycles. The van der Waals surface area contributed by atoms with Gasteiger partial charge in [-0.1, -0.05) is 0 Å². The van der Waals surface area contributed by atoms with E-state index < -0.39 is 6.04 Å². The van der Waals surface area contributed by atoms with Crippen LogP contribution in [0.4, 0.5) is 0 Å². The highest BCUT2D eigenvalue weighted by Gasteiger charge is 2.29. The van der Waals surface area contributed by atoms with Crippen LogP contribution in [0.25, 0.3) is 0 Å². The molecular weight excluding hydrogens is 320 g/mol. The Morgan fingerprint density at radius 1 is 1.28 bits per heavy atom. The van der Waals surface area contributed by atoms with Gasteiger partial charge in [0, 0.05) is 12.6 Å². The number of nitrogens with zero attached hydrogens (tertiary/aromatic N) is 4. The highest BCUT2D eigenvalue weighted by atomic mass is 16.2. The molecule has 25 heavy (non-hydrogen) atoms. The molecule has 0 saturated carbocycles. The molecule has 2 fully saturated rings. The van der Waals surface area contributed by atoms with Gasteiger partial charge in [0.2, 0.25) is 11.8 Å². The van der Waals surface area contributed by atoms with E-state index in [1.165, 1.54) is 0 Å². The van der Waals surface area contributed by atoms with Crippen molar-refractivity contribution in [2.24, 2.45) is 0 Å². The second kappa shape index (κ2) is 7.95. The minimum absolute atomic E-state index is 0.0578. The van der Waals surface area contributed by atoms with Crippen molar-refractivity contribution in [3.05, 3.63) is 11.6 Å². The molecule has 0 aliphatic carbocycles. The maximum absolute atomic E-state index is 12.4. The fourth-order valence-electron chi connectivity index (χ4n) is 3.75. The molecule has 2 N–H and O–H groups in total. The summed E-state index contributed by atoms with van der Waals surface area (Å²) in [6.45, 7) is 6.54. The smallest absolute Gasteiger partial charge is 0.242 e. The van der Waals surface area contributed by atoms with Gasteiger partial charge >= 0.3 is 0 Å². The minimum atomic E-state index is -0.392. The molecule has 8 heteroatoms. The largest absolute Gasteiger partial charge is 0.354 e. The van der Waals surface area contributed by atoms with Crippen molar-refractivity contribution in [1.29, 1.82) is 0 Å². The Morgan fingerprint density at radius 3 is 2.88 bits per heavy atom. The predicted molar refractivity (Wildman–Crippen MR) is 92.9 cm³/mol. The second-order valence-corrected chi connectivity index (χ2v) is 7.06. The lowest BCUT2D eigenvalue weighted by molar-refractivity contribution is -0.129. The van der Waals surface area contributed by atoms with Gasteiger partial charge in [-0.25, -0.2) is 9.67 Å². The van der Waals surface area contributed by atoms with Gasteiger partial charge in [-0.05, 0) is 52.5 Å². The lowest BCUT2D eigenvalue weighted by Crippen LogP contribution is -2.49. The molecule has 0 unspecified atom stereocenters. The fraction of sp³-hybridized carbons (Fsp3) is 0.765. The highest BCUT2D eigenvalue weighted by molar-refractivity contribution is 5.88. The molecule has 0 spiro atoms. The van der Waals surface area contributed by atoms with Crippen LogP contribution in [-0.4, -0.2) is 63.2 Å².